The molecule has 2 rings (SSSR count). The normalized spacial score (nSPS) is 11.3. The Morgan fingerprint density at radius 2 is 1.69 bits per heavy atom. The summed E-state index contributed by atoms with van der Waals surface area (Å²) in [5.74, 6) is 0.123. The van der Waals surface area contributed by atoms with Crippen LogP contribution in [0.15, 0.2) is 59.5 Å². The first-order chi connectivity index (χ1) is 12.4. The standard InChI is InChI=1S/C18H20ClNO5S/c1-20(26(22,23)17-10-8-15(19)9-11-17)14-18(21)25-13-5-12-24-16-6-3-2-4-7-16/h2-4,6-11H,5,12-14H2,1H3. The van der Waals surface area contributed by atoms with Gasteiger partial charge in [0.15, 0.2) is 0 Å². The van der Waals surface area contributed by atoms with Crippen molar-refractivity contribution in [3.63, 3.8) is 0 Å². The zero-order valence-electron chi connectivity index (χ0n) is 14.3. The number of nitrogens with zero attached hydrogens (tertiary/aromatic N) is 1. The minimum absolute atomic E-state index is 0.0634. The molecule has 0 saturated heterocycles. The lowest BCUT2D eigenvalue weighted by Crippen LogP contribution is -2.33. The van der Waals surface area contributed by atoms with Crippen molar-refractivity contribution >= 4 is 27.6 Å². The fourth-order valence-electron chi connectivity index (χ4n) is 2.05. The summed E-state index contributed by atoms with van der Waals surface area (Å²) in [5.41, 5.74) is 0. The van der Waals surface area contributed by atoms with Gasteiger partial charge in [-0.2, -0.15) is 4.31 Å². The molecule has 0 aliphatic heterocycles. The zero-order valence-corrected chi connectivity index (χ0v) is 15.9. The van der Waals surface area contributed by atoms with Gasteiger partial charge >= 0.3 is 5.97 Å². The molecule has 0 radical (unpaired) electrons. The Hall–Kier alpha value is -2.09. The molecule has 0 aromatic heterocycles. The summed E-state index contributed by atoms with van der Waals surface area (Å²) in [4.78, 5) is 11.9. The van der Waals surface area contributed by atoms with Gasteiger partial charge in [-0.25, -0.2) is 8.42 Å². The highest BCUT2D eigenvalue weighted by molar-refractivity contribution is 7.89. The number of rotatable bonds is 9. The number of hydrogen-bond acceptors (Lipinski definition) is 5. The topological polar surface area (TPSA) is 72.9 Å². The van der Waals surface area contributed by atoms with Gasteiger partial charge in [0.1, 0.15) is 12.3 Å². The molecule has 0 fully saturated rings. The molecular weight excluding hydrogens is 378 g/mol. The van der Waals surface area contributed by atoms with Crippen LogP contribution in [0, 0.1) is 0 Å². The molecule has 8 heteroatoms. The molecule has 0 spiro atoms. The third kappa shape index (κ3) is 6.01. The molecule has 0 atom stereocenters. The van der Waals surface area contributed by atoms with E-state index in [9.17, 15) is 13.2 Å². The highest BCUT2D eigenvalue weighted by Gasteiger charge is 2.23. The SMILES string of the molecule is CN(CC(=O)OCCCOc1ccccc1)S(=O)(=O)c1ccc(Cl)cc1. The van der Waals surface area contributed by atoms with Gasteiger partial charge in [0, 0.05) is 18.5 Å². The highest BCUT2D eigenvalue weighted by atomic mass is 35.5. The van der Waals surface area contributed by atoms with E-state index < -0.39 is 16.0 Å². The fraction of sp³-hybridized carbons (Fsp3) is 0.278. The molecule has 0 amide bonds. The molecule has 0 saturated carbocycles. The molecule has 6 nitrogen and oxygen atoms in total. The number of para-hydroxylation sites is 1. The zero-order chi connectivity index (χ0) is 19.0. The van der Waals surface area contributed by atoms with Gasteiger partial charge in [0.05, 0.1) is 18.1 Å². The van der Waals surface area contributed by atoms with E-state index in [0.717, 1.165) is 10.1 Å². The van der Waals surface area contributed by atoms with E-state index in [1.165, 1.54) is 31.3 Å². The molecule has 0 bridgehead atoms. The van der Waals surface area contributed by atoms with Crippen LogP contribution in [0.2, 0.25) is 5.02 Å². The first-order valence-electron chi connectivity index (χ1n) is 7.95. The van der Waals surface area contributed by atoms with Crippen molar-refractivity contribution in [1.82, 2.24) is 4.31 Å². The van der Waals surface area contributed by atoms with Gasteiger partial charge in [-0.3, -0.25) is 4.79 Å². The Balaban J connectivity index is 1.73. The van der Waals surface area contributed by atoms with Crippen LogP contribution >= 0.6 is 11.6 Å². The second kappa shape index (κ2) is 9.56. The summed E-state index contributed by atoms with van der Waals surface area (Å²) in [5, 5.41) is 0.434. The molecule has 0 aliphatic rings. The molecular formula is C18H20ClNO5S. The number of sulfonamides is 1. The first kappa shape index (κ1) is 20.2. The van der Waals surface area contributed by atoms with E-state index in [1.54, 1.807) is 0 Å². The fourth-order valence-corrected chi connectivity index (χ4v) is 3.29. The average molecular weight is 398 g/mol. The lowest BCUT2D eigenvalue weighted by atomic mass is 10.3. The Morgan fingerprint density at radius 3 is 2.35 bits per heavy atom. The highest BCUT2D eigenvalue weighted by Crippen LogP contribution is 2.17. The maximum atomic E-state index is 12.4. The smallest absolute Gasteiger partial charge is 0.321 e. The van der Waals surface area contributed by atoms with E-state index in [0.29, 0.717) is 18.1 Å². The number of halogens is 1. The molecule has 26 heavy (non-hydrogen) atoms. The summed E-state index contributed by atoms with van der Waals surface area (Å²) in [6, 6.07) is 15.0. The van der Waals surface area contributed by atoms with E-state index in [2.05, 4.69) is 0 Å². The van der Waals surface area contributed by atoms with E-state index in [4.69, 9.17) is 21.1 Å². The van der Waals surface area contributed by atoms with Crippen molar-refractivity contribution in [2.45, 2.75) is 11.3 Å². The summed E-state index contributed by atoms with van der Waals surface area (Å²) < 4.78 is 36.2. The van der Waals surface area contributed by atoms with Crippen molar-refractivity contribution in [3.05, 3.63) is 59.6 Å². The number of likely N-dealkylation sites (N-methyl/N-ethyl adjacent to an activating group) is 1. The molecule has 0 unspecified atom stereocenters. The van der Waals surface area contributed by atoms with Crippen LogP contribution in [0.25, 0.3) is 0 Å². The Labute approximate surface area is 158 Å². The summed E-state index contributed by atoms with van der Waals surface area (Å²) >= 11 is 5.75. The number of hydrogen-bond donors (Lipinski definition) is 0. The lowest BCUT2D eigenvalue weighted by molar-refractivity contribution is -0.143. The van der Waals surface area contributed by atoms with Crippen LogP contribution in [0.5, 0.6) is 5.75 Å². The van der Waals surface area contributed by atoms with Crippen LogP contribution in [0.4, 0.5) is 0 Å². The van der Waals surface area contributed by atoms with Crippen LogP contribution in [0.1, 0.15) is 6.42 Å². The minimum Gasteiger partial charge on any atom is -0.493 e. The van der Waals surface area contributed by atoms with E-state index in [-0.39, 0.29) is 18.0 Å². The minimum atomic E-state index is -3.77. The number of esters is 1. The van der Waals surface area contributed by atoms with Crippen LogP contribution in [-0.4, -0.2) is 45.5 Å². The predicted molar refractivity (Wildman–Crippen MR) is 98.8 cm³/mol. The van der Waals surface area contributed by atoms with Crippen molar-refractivity contribution in [3.8, 4) is 5.75 Å². The number of ether oxygens (including phenoxy) is 2. The maximum Gasteiger partial charge on any atom is 0.321 e. The predicted octanol–water partition coefficient (Wildman–Crippen LogP) is 2.97. The Morgan fingerprint density at radius 1 is 1.04 bits per heavy atom. The molecule has 140 valence electrons. The third-order valence-corrected chi connectivity index (χ3v) is 5.51. The first-order valence-corrected chi connectivity index (χ1v) is 9.77. The van der Waals surface area contributed by atoms with Crippen LogP contribution in [0.3, 0.4) is 0 Å². The number of carbonyl (C=O) groups excluding carboxylic acids is 1. The molecule has 2 aromatic carbocycles. The van der Waals surface area contributed by atoms with E-state index in [1.807, 2.05) is 30.3 Å². The Bertz CT molecular complexity index is 809. The second-order valence-corrected chi connectivity index (χ2v) is 7.93. The van der Waals surface area contributed by atoms with Crippen LogP contribution in [-0.2, 0) is 19.6 Å². The van der Waals surface area contributed by atoms with Crippen molar-refractivity contribution in [2.24, 2.45) is 0 Å². The van der Waals surface area contributed by atoms with Crippen molar-refractivity contribution in [1.29, 1.82) is 0 Å². The van der Waals surface area contributed by atoms with Gasteiger partial charge in [0.2, 0.25) is 10.0 Å². The van der Waals surface area contributed by atoms with Crippen molar-refractivity contribution in [2.75, 3.05) is 26.8 Å². The molecule has 0 aliphatic carbocycles. The number of benzene rings is 2. The van der Waals surface area contributed by atoms with E-state index >= 15 is 0 Å². The summed E-state index contributed by atoms with van der Waals surface area (Å²) in [7, 11) is -2.45. The monoisotopic (exact) mass is 397 g/mol. The summed E-state index contributed by atoms with van der Waals surface area (Å²) in [6.45, 7) is 0.182. The van der Waals surface area contributed by atoms with Gasteiger partial charge < -0.3 is 9.47 Å². The quantitative estimate of drug-likeness (QED) is 0.480. The maximum absolute atomic E-state index is 12.4. The largest absolute Gasteiger partial charge is 0.493 e. The van der Waals surface area contributed by atoms with Crippen molar-refractivity contribution < 1.29 is 22.7 Å². The molecule has 0 heterocycles. The van der Waals surface area contributed by atoms with Gasteiger partial charge in [-0.05, 0) is 36.4 Å². The lowest BCUT2D eigenvalue weighted by Gasteiger charge is -2.16. The molecule has 0 N–H and O–H groups in total. The number of carbonyl (C=O) groups is 1. The van der Waals surface area contributed by atoms with Gasteiger partial charge in [0.25, 0.3) is 0 Å². The van der Waals surface area contributed by atoms with Crippen LogP contribution < -0.4 is 4.74 Å². The van der Waals surface area contributed by atoms with Gasteiger partial charge in [-0.15, -0.1) is 0 Å². The third-order valence-electron chi connectivity index (χ3n) is 3.44. The van der Waals surface area contributed by atoms with Gasteiger partial charge in [-0.1, -0.05) is 29.8 Å². The Kier molecular flexibility index (Phi) is 7.44. The molecule has 2 aromatic rings. The summed E-state index contributed by atoms with van der Waals surface area (Å²) in [6.07, 6.45) is 0.508. The average Bonchev–Trinajstić information content (AvgIpc) is 2.62. The second-order valence-electron chi connectivity index (χ2n) is 5.45.